The van der Waals surface area contributed by atoms with Gasteiger partial charge >= 0.3 is 6.01 Å². The van der Waals surface area contributed by atoms with Crippen LogP contribution in [0, 0.1) is 6.92 Å². The number of benzene rings is 1. The van der Waals surface area contributed by atoms with E-state index in [9.17, 15) is 0 Å². The monoisotopic (exact) mass is 347 g/mol. The molecule has 0 saturated heterocycles. The number of nitrogens with zero attached hydrogens (tertiary/aromatic N) is 3. The van der Waals surface area contributed by atoms with E-state index in [1.54, 1.807) is 7.05 Å². The molecule has 0 saturated carbocycles. The molecule has 2 N–H and O–H groups in total. The summed E-state index contributed by atoms with van der Waals surface area (Å²) in [5, 5.41) is 12.1. The predicted molar refractivity (Wildman–Crippen MR) is 103 cm³/mol. The molecule has 26 heavy (non-hydrogen) atoms. The number of H-pyrrole nitrogens is 1. The maximum absolute atomic E-state index is 5.62. The minimum Gasteiger partial charge on any atom is -0.403 e. The van der Waals surface area contributed by atoms with Crippen LogP contribution in [-0.2, 0) is 0 Å². The number of aromatic amines is 1. The van der Waals surface area contributed by atoms with Gasteiger partial charge in [0, 0.05) is 41.0 Å². The van der Waals surface area contributed by atoms with Crippen molar-refractivity contribution in [2.24, 2.45) is 0 Å². The Labute approximate surface area is 151 Å². The minimum atomic E-state index is 0.359. The zero-order chi connectivity index (χ0) is 18.3. The summed E-state index contributed by atoms with van der Waals surface area (Å²) in [5.41, 5.74) is 6.57. The molecular weight excluding hydrogens is 326 g/mol. The van der Waals surface area contributed by atoms with E-state index in [4.69, 9.17) is 4.42 Å². The fourth-order valence-electron chi connectivity index (χ4n) is 3.32. The summed E-state index contributed by atoms with van der Waals surface area (Å²) in [6.07, 6.45) is 1.85. The second-order valence-electron chi connectivity index (χ2n) is 6.68. The maximum atomic E-state index is 5.62. The van der Waals surface area contributed by atoms with E-state index in [1.165, 1.54) is 10.9 Å². The molecule has 0 atom stereocenters. The van der Waals surface area contributed by atoms with Crippen LogP contribution >= 0.6 is 0 Å². The summed E-state index contributed by atoms with van der Waals surface area (Å²) in [6, 6.07) is 10.7. The number of nitrogens with one attached hydrogen (secondary N) is 2. The first-order chi connectivity index (χ1) is 12.6. The number of anilines is 1. The Morgan fingerprint density at radius 1 is 1.08 bits per heavy atom. The van der Waals surface area contributed by atoms with Crippen molar-refractivity contribution in [1.82, 2.24) is 20.2 Å². The van der Waals surface area contributed by atoms with Crippen molar-refractivity contribution in [3.8, 4) is 22.7 Å². The van der Waals surface area contributed by atoms with Crippen molar-refractivity contribution in [3.05, 3.63) is 47.8 Å². The normalized spacial score (nSPS) is 11.4. The number of hydrogen-bond donors (Lipinski definition) is 2. The molecule has 0 bridgehead atoms. The highest BCUT2D eigenvalue weighted by Gasteiger charge is 2.18. The highest BCUT2D eigenvalue weighted by molar-refractivity contribution is 5.93. The van der Waals surface area contributed by atoms with Gasteiger partial charge in [-0.15, -0.1) is 5.10 Å². The Bertz CT molecular complexity index is 1080. The summed E-state index contributed by atoms with van der Waals surface area (Å²) in [7, 11) is 1.76. The van der Waals surface area contributed by atoms with E-state index in [-0.39, 0.29) is 0 Å². The minimum absolute atomic E-state index is 0.359. The molecule has 4 aromatic rings. The van der Waals surface area contributed by atoms with Gasteiger partial charge in [0.25, 0.3) is 0 Å². The van der Waals surface area contributed by atoms with Crippen LogP contribution in [0.1, 0.15) is 31.0 Å². The molecule has 3 aromatic heterocycles. The fourth-order valence-corrected chi connectivity index (χ4v) is 3.32. The summed E-state index contributed by atoms with van der Waals surface area (Å²) < 4.78 is 5.62. The first-order valence-corrected chi connectivity index (χ1v) is 8.67. The zero-order valence-corrected chi connectivity index (χ0v) is 15.3. The first kappa shape index (κ1) is 16.3. The van der Waals surface area contributed by atoms with Gasteiger partial charge in [-0.05, 0) is 48.7 Å². The molecule has 6 heteroatoms. The number of aromatic nitrogens is 4. The van der Waals surface area contributed by atoms with Gasteiger partial charge in [0.2, 0.25) is 5.89 Å². The van der Waals surface area contributed by atoms with Gasteiger partial charge in [-0.3, -0.25) is 4.98 Å². The Kier molecular flexibility index (Phi) is 3.95. The molecule has 0 amide bonds. The van der Waals surface area contributed by atoms with E-state index < -0.39 is 0 Å². The SMILES string of the molecule is CNc1nnc(-c2ccc3[nH]c(-c4ccnc(C)c4)c(C(C)C)c3c2)o1. The molecule has 4 rings (SSSR count). The topological polar surface area (TPSA) is 79.6 Å². The molecule has 6 nitrogen and oxygen atoms in total. The van der Waals surface area contributed by atoms with Crippen molar-refractivity contribution in [2.75, 3.05) is 12.4 Å². The molecule has 0 aliphatic heterocycles. The number of rotatable bonds is 4. The van der Waals surface area contributed by atoms with Crippen molar-refractivity contribution in [3.63, 3.8) is 0 Å². The van der Waals surface area contributed by atoms with E-state index in [1.807, 2.05) is 25.3 Å². The van der Waals surface area contributed by atoms with E-state index >= 15 is 0 Å². The highest BCUT2D eigenvalue weighted by Crippen LogP contribution is 2.37. The molecule has 132 valence electrons. The number of pyridine rings is 1. The molecule has 0 radical (unpaired) electrons. The second-order valence-corrected chi connectivity index (χ2v) is 6.68. The lowest BCUT2D eigenvalue weighted by atomic mass is 9.95. The van der Waals surface area contributed by atoms with Crippen molar-refractivity contribution < 1.29 is 4.42 Å². The standard InChI is InChI=1S/C20H21N5O/c1-11(2)17-15-10-14(19-24-25-20(21-4)26-19)5-6-16(15)23-18(17)13-7-8-22-12(3)9-13/h5-11,23H,1-4H3,(H,21,25). The zero-order valence-electron chi connectivity index (χ0n) is 15.3. The molecular formula is C20H21N5O. The predicted octanol–water partition coefficient (Wildman–Crippen LogP) is 4.75. The lowest BCUT2D eigenvalue weighted by Crippen LogP contribution is -1.91. The van der Waals surface area contributed by atoms with Crippen molar-refractivity contribution >= 4 is 16.9 Å². The lowest BCUT2D eigenvalue weighted by Gasteiger charge is -2.09. The van der Waals surface area contributed by atoms with Gasteiger partial charge in [0.05, 0.1) is 5.69 Å². The Balaban J connectivity index is 1.91. The van der Waals surface area contributed by atoms with Crippen molar-refractivity contribution in [2.45, 2.75) is 26.7 Å². The molecule has 0 aliphatic rings. The highest BCUT2D eigenvalue weighted by atomic mass is 16.4. The third kappa shape index (κ3) is 2.73. The quantitative estimate of drug-likeness (QED) is 0.557. The van der Waals surface area contributed by atoms with Crippen LogP contribution in [-0.4, -0.2) is 27.2 Å². The summed E-state index contributed by atoms with van der Waals surface area (Å²) >= 11 is 0. The fraction of sp³-hybridized carbons (Fsp3) is 0.250. The van der Waals surface area contributed by atoms with Gasteiger partial charge in [-0.25, -0.2) is 0 Å². The molecule has 3 heterocycles. The van der Waals surface area contributed by atoms with Crippen LogP contribution in [0.3, 0.4) is 0 Å². The van der Waals surface area contributed by atoms with Crippen LogP contribution < -0.4 is 5.32 Å². The van der Waals surface area contributed by atoms with Crippen LogP contribution in [0.15, 0.2) is 40.9 Å². The third-order valence-corrected chi connectivity index (χ3v) is 4.49. The van der Waals surface area contributed by atoms with Gasteiger partial charge in [-0.2, -0.15) is 0 Å². The van der Waals surface area contributed by atoms with Gasteiger partial charge in [0.15, 0.2) is 0 Å². The summed E-state index contributed by atoms with van der Waals surface area (Å²) in [6.45, 7) is 6.42. The van der Waals surface area contributed by atoms with Crippen LogP contribution in [0.4, 0.5) is 6.01 Å². The van der Waals surface area contributed by atoms with Crippen LogP contribution in [0.25, 0.3) is 33.6 Å². The van der Waals surface area contributed by atoms with E-state index in [0.29, 0.717) is 17.8 Å². The van der Waals surface area contributed by atoms with E-state index in [2.05, 4.69) is 57.5 Å². The largest absolute Gasteiger partial charge is 0.403 e. The second kappa shape index (κ2) is 6.29. The number of aryl methyl sites for hydroxylation is 1. The number of fused-ring (bicyclic) bond motifs is 1. The van der Waals surface area contributed by atoms with Gasteiger partial charge in [-0.1, -0.05) is 18.9 Å². The van der Waals surface area contributed by atoms with Crippen LogP contribution in [0.2, 0.25) is 0 Å². The summed E-state index contributed by atoms with van der Waals surface area (Å²) in [4.78, 5) is 7.89. The average molecular weight is 347 g/mol. The van der Waals surface area contributed by atoms with Crippen LogP contribution in [0.5, 0.6) is 0 Å². The Morgan fingerprint density at radius 2 is 1.92 bits per heavy atom. The first-order valence-electron chi connectivity index (χ1n) is 8.67. The Hall–Kier alpha value is -3.15. The molecule has 0 aliphatic carbocycles. The van der Waals surface area contributed by atoms with Gasteiger partial charge in [0.1, 0.15) is 0 Å². The lowest BCUT2D eigenvalue weighted by molar-refractivity contribution is 0.585. The smallest absolute Gasteiger partial charge is 0.315 e. The molecule has 0 spiro atoms. The summed E-state index contributed by atoms with van der Waals surface area (Å²) in [5.74, 6) is 0.867. The maximum Gasteiger partial charge on any atom is 0.315 e. The third-order valence-electron chi connectivity index (χ3n) is 4.49. The molecule has 0 unspecified atom stereocenters. The molecule has 0 fully saturated rings. The number of hydrogen-bond acceptors (Lipinski definition) is 5. The Morgan fingerprint density at radius 3 is 2.62 bits per heavy atom. The molecule has 1 aromatic carbocycles. The van der Waals surface area contributed by atoms with Crippen molar-refractivity contribution in [1.29, 1.82) is 0 Å². The average Bonchev–Trinajstić information content (AvgIpc) is 3.25. The van der Waals surface area contributed by atoms with E-state index in [0.717, 1.165) is 28.0 Å². The van der Waals surface area contributed by atoms with Gasteiger partial charge < -0.3 is 14.7 Å².